The van der Waals surface area contributed by atoms with Crippen molar-refractivity contribution in [1.29, 1.82) is 0 Å². The molecule has 0 radical (unpaired) electrons. The number of hydrogen-bond donors (Lipinski definition) is 2. The van der Waals surface area contributed by atoms with Crippen molar-refractivity contribution in [3.63, 3.8) is 0 Å². The predicted molar refractivity (Wildman–Crippen MR) is 131 cm³/mol. The van der Waals surface area contributed by atoms with Gasteiger partial charge < -0.3 is 15.5 Å². The highest BCUT2D eigenvalue weighted by atomic mass is 19.1. The number of hydrogen-bond acceptors (Lipinski definition) is 4. The summed E-state index contributed by atoms with van der Waals surface area (Å²) in [7, 11) is 0. The van der Waals surface area contributed by atoms with Crippen LogP contribution in [0.5, 0.6) is 0 Å². The lowest BCUT2D eigenvalue weighted by atomic mass is 10.1. The lowest BCUT2D eigenvalue weighted by Gasteiger charge is -2.23. The first-order chi connectivity index (χ1) is 16.0. The number of rotatable bonds is 5. The lowest BCUT2D eigenvalue weighted by Crippen LogP contribution is -2.31. The number of aryl methyl sites for hydroxylation is 2. The lowest BCUT2D eigenvalue weighted by molar-refractivity contribution is 0.262. The second kappa shape index (κ2) is 10.4. The number of nitrogens with zero attached hydrogens (tertiary/aromatic N) is 3. The van der Waals surface area contributed by atoms with Crippen LogP contribution in [-0.2, 0) is 6.54 Å². The van der Waals surface area contributed by atoms with Gasteiger partial charge in [0, 0.05) is 44.0 Å². The average molecular weight is 448 g/mol. The molecule has 0 bridgehead atoms. The third kappa shape index (κ3) is 5.87. The van der Waals surface area contributed by atoms with E-state index in [1.165, 1.54) is 6.07 Å². The van der Waals surface area contributed by atoms with Crippen LogP contribution in [0.1, 0.15) is 23.1 Å². The number of halogens is 1. The minimum absolute atomic E-state index is 0.148. The summed E-state index contributed by atoms with van der Waals surface area (Å²) in [6.45, 7) is 8.03. The fourth-order valence-electron chi connectivity index (χ4n) is 4.16. The van der Waals surface area contributed by atoms with Crippen LogP contribution in [0.2, 0.25) is 0 Å². The van der Waals surface area contributed by atoms with Crippen LogP contribution in [0.3, 0.4) is 0 Å². The number of para-hydroxylation sites is 1. The second-order valence-corrected chi connectivity index (χ2v) is 8.46. The molecule has 0 unspecified atom stereocenters. The first kappa shape index (κ1) is 22.7. The van der Waals surface area contributed by atoms with Gasteiger partial charge in [0.25, 0.3) is 0 Å². The first-order valence-electron chi connectivity index (χ1n) is 11.3. The molecule has 2 amide bonds. The van der Waals surface area contributed by atoms with E-state index in [0.29, 0.717) is 12.2 Å². The van der Waals surface area contributed by atoms with Crippen LogP contribution in [0.15, 0.2) is 60.8 Å². The molecule has 4 rings (SSSR count). The normalized spacial score (nSPS) is 14.6. The summed E-state index contributed by atoms with van der Waals surface area (Å²) in [6, 6.07) is 16.4. The van der Waals surface area contributed by atoms with Crippen molar-refractivity contribution < 1.29 is 9.18 Å². The molecule has 1 aromatic heterocycles. The highest BCUT2D eigenvalue weighted by molar-refractivity contribution is 6.00. The molecular weight excluding hydrogens is 417 g/mol. The minimum Gasteiger partial charge on any atom is -0.355 e. The van der Waals surface area contributed by atoms with E-state index in [1.54, 1.807) is 12.3 Å². The maximum atomic E-state index is 14.0. The Morgan fingerprint density at radius 2 is 1.73 bits per heavy atom. The molecule has 0 aliphatic carbocycles. The molecule has 2 N–H and O–H groups in total. The predicted octanol–water partition coefficient (Wildman–Crippen LogP) is 5.19. The summed E-state index contributed by atoms with van der Waals surface area (Å²) in [5.41, 5.74) is 4.23. The summed E-state index contributed by atoms with van der Waals surface area (Å²) in [5.74, 6) is 0.730. The first-order valence-corrected chi connectivity index (χ1v) is 11.3. The summed E-state index contributed by atoms with van der Waals surface area (Å²) < 4.78 is 14.0. The zero-order valence-corrected chi connectivity index (χ0v) is 19.1. The van der Waals surface area contributed by atoms with Crippen molar-refractivity contribution >= 4 is 23.2 Å². The van der Waals surface area contributed by atoms with Gasteiger partial charge in [-0.1, -0.05) is 36.4 Å². The molecule has 1 aliphatic heterocycles. The smallest absolute Gasteiger partial charge is 0.323 e. The molecule has 3 aromatic rings. The topological polar surface area (TPSA) is 60.5 Å². The Balaban J connectivity index is 1.32. The van der Waals surface area contributed by atoms with Gasteiger partial charge in [-0.3, -0.25) is 4.90 Å². The van der Waals surface area contributed by atoms with Crippen LogP contribution >= 0.6 is 0 Å². The molecule has 2 heterocycles. The SMILES string of the molecule is Cc1cccc(C)c1NC(=O)Nc1ccc(N2CCCN(Cc3ccccc3F)CC2)nc1. The molecular formula is C26H30FN5O. The van der Waals surface area contributed by atoms with Crippen molar-refractivity contribution in [2.75, 3.05) is 41.7 Å². The quantitative estimate of drug-likeness (QED) is 0.565. The van der Waals surface area contributed by atoms with E-state index >= 15 is 0 Å². The summed E-state index contributed by atoms with van der Waals surface area (Å²) in [4.78, 5) is 21.5. The number of urea groups is 1. The van der Waals surface area contributed by atoms with E-state index in [4.69, 9.17) is 0 Å². The van der Waals surface area contributed by atoms with E-state index in [1.807, 2.05) is 56.3 Å². The number of amides is 2. The van der Waals surface area contributed by atoms with Gasteiger partial charge in [-0.15, -0.1) is 0 Å². The van der Waals surface area contributed by atoms with E-state index in [9.17, 15) is 9.18 Å². The Kier molecular flexibility index (Phi) is 7.19. The minimum atomic E-state index is -0.291. The van der Waals surface area contributed by atoms with E-state index in [2.05, 4.69) is 25.4 Å². The highest BCUT2D eigenvalue weighted by Crippen LogP contribution is 2.21. The average Bonchev–Trinajstić information content (AvgIpc) is 3.04. The number of anilines is 3. The van der Waals surface area contributed by atoms with Gasteiger partial charge in [0.1, 0.15) is 11.6 Å². The van der Waals surface area contributed by atoms with Crippen LogP contribution in [0.4, 0.5) is 26.4 Å². The van der Waals surface area contributed by atoms with Crippen molar-refractivity contribution in [2.24, 2.45) is 0 Å². The maximum absolute atomic E-state index is 14.0. The van der Waals surface area contributed by atoms with Crippen LogP contribution < -0.4 is 15.5 Å². The summed E-state index contributed by atoms with van der Waals surface area (Å²) >= 11 is 0. The molecule has 6 nitrogen and oxygen atoms in total. The number of pyridine rings is 1. The summed E-state index contributed by atoms with van der Waals surface area (Å²) in [5, 5.41) is 5.77. The van der Waals surface area contributed by atoms with Gasteiger partial charge in [-0.2, -0.15) is 0 Å². The number of aromatic nitrogens is 1. The third-order valence-corrected chi connectivity index (χ3v) is 5.99. The summed E-state index contributed by atoms with van der Waals surface area (Å²) in [6.07, 6.45) is 2.66. The van der Waals surface area contributed by atoms with E-state index < -0.39 is 0 Å². The maximum Gasteiger partial charge on any atom is 0.323 e. The van der Waals surface area contributed by atoms with Crippen molar-refractivity contribution in [2.45, 2.75) is 26.8 Å². The van der Waals surface area contributed by atoms with Crippen LogP contribution in [-0.4, -0.2) is 42.1 Å². The zero-order valence-electron chi connectivity index (χ0n) is 19.1. The number of carbonyl (C=O) groups is 1. The Morgan fingerprint density at radius 3 is 2.45 bits per heavy atom. The van der Waals surface area contributed by atoms with Gasteiger partial charge in [0.15, 0.2) is 0 Å². The fraction of sp³-hybridized carbons (Fsp3) is 0.308. The third-order valence-electron chi connectivity index (χ3n) is 5.99. The van der Waals surface area contributed by atoms with Crippen molar-refractivity contribution in [1.82, 2.24) is 9.88 Å². The number of carbonyl (C=O) groups excluding carboxylic acids is 1. The van der Waals surface area contributed by atoms with Gasteiger partial charge in [-0.25, -0.2) is 14.2 Å². The Bertz CT molecular complexity index is 1080. The molecule has 1 fully saturated rings. The zero-order chi connectivity index (χ0) is 23.2. The molecule has 33 heavy (non-hydrogen) atoms. The molecule has 0 spiro atoms. The highest BCUT2D eigenvalue weighted by Gasteiger charge is 2.17. The molecule has 0 atom stereocenters. The molecule has 1 saturated heterocycles. The number of nitrogens with one attached hydrogen (secondary N) is 2. The fourth-order valence-corrected chi connectivity index (χ4v) is 4.16. The standard InChI is InChI=1S/C26H30FN5O/c1-19-7-5-8-20(2)25(19)30-26(33)29-22-11-12-24(28-17-22)32-14-6-13-31(15-16-32)18-21-9-3-4-10-23(21)27/h3-5,7-12,17H,6,13-16,18H2,1-2H3,(H2,29,30,33). The molecule has 1 aliphatic rings. The van der Waals surface area contributed by atoms with Gasteiger partial charge in [0.2, 0.25) is 0 Å². The van der Waals surface area contributed by atoms with Crippen LogP contribution in [0.25, 0.3) is 0 Å². The van der Waals surface area contributed by atoms with E-state index in [0.717, 1.165) is 60.8 Å². The van der Waals surface area contributed by atoms with Gasteiger partial charge in [-0.05, 0) is 49.6 Å². The second-order valence-electron chi connectivity index (χ2n) is 8.46. The Labute approximate surface area is 194 Å². The van der Waals surface area contributed by atoms with Crippen molar-refractivity contribution in [3.8, 4) is 0 Å². The van der Waals surface area contributed by atoms with Crippen LogP contribution in [0, 0.1) is 19.7 Å². The Morgan fingerprint density at radius 1 is 0.939 bits per heavy atom. The van der Waals surface area contributed by atoms with E-state index in [-0.39, 0.29) is 11.8 Å². The largest absolute Gasteiger partial charge is 0.355 e. The van der Waals surface area contributed by atoms with Crippen molar-refractivity contribution in [3.05, 3.63) is 83.3 Å². The molecule has 2 aromatic carbocycles. The van der Waals surface area contributed by atoms with Gasteiger partial charge in [0.05, 0.1) is 11.9 Å². The Hall–Kier alpha value is -3.45. The molecule has 0 saturated carbocycles. The molecule has 7 heteroatoms. The number of benzene rings is 2. The monoisotopic (exact) mass is 447 g/mol. The molecule has 172 valence electrons. The van der Waals surface area contributed by atoms with Gasteiger partial charge >= 0.3 is 6.03 Å².